The Kier molecular flexibility index (Phi) is 4.28. The van der Waals surface area contributed by atoms with Gasteiger partial charge in [0.25, 0.3) is 0 Å². The van der Waals surface area contributed by atoms with Gasteiger partial charge in [0.1, 0.15) is 9.71 Å². The van der Waals surface area contributed by atoms with Gasteiger partial charge in [0.05, 0.1) is 12.3 Å². The number of carbonyl (C=O) groups excluding carboxylic acids is 1. The van der Waals surface area contributed by atoms with Crippen LogP contribution in [-0.4, -0.2) is 17.6 Å². The third-order valence-corrected chi connectivity index (χ3v) is 4.22. The van der Waals surface area contributed by atoms with Gasteiger partial charge in [-0.2, -0.15) is 0 Å². The van der Waals surface area contributed by atoms with Gasteiger partial charge in [-0.25, -0.2) is 9.78 Å². The number of pyridine rings is 1. The predicted octanol–water partition coefficient (Wildman–Crippen LogP) is 3.70. The first kappa shape index (κ1) is 14.8. The fraction of sp³-hybridized carbons (Fsp3) is 0.467. The summed E-state index contributed by atoms with van der Waals surface area (Å²) >= 11 is 1.31. The van der Waals surface area contributed by atoms with Crippen LogP contribution in [0.15, 0.2) is 6.07 Å². The van der Waals surface area contributed by atoms with Gasteiger partial charge < -0.3 is 10.5 Å². The van der Waals surface area contributed by atoms with Gasteiger partial charge in [-0.15, -0.1) is 11.3 Å². The fourth-order valence-electron chi connectivity index (χ4n) is 2.07. The number of hydrogen-bond acceptors (Lipinski definition) is 5. The zero-order valence-corrected chi connectivity index (χ0v) is 13.1. The SMILES string of the molecule is Cc1cc(C)c2c(N)c(C(=O)OCCC(C)C)sc2n1. The number of aryl methyl sites for hydroxylation is 2. The van der Waals surface area contributed by atoms with E-state index < -0.39 is 0 Å². The van der Waals surface area contributed by atoms with Gasteiger partial charge in [0, 0.05) is 11.1 Å². The maximum absolute atomic E-state index is 12.1. The summed E-state index contributed by atoms with van der Waals surface area (Å²) in [6.45, 7) is 8.53. The summed E-state index contributed by atoms with van der Waals surface area (Å²) in [7, 11) is 0. The van der Waals surface area contributed by atoms with Gasteiger partial charge >= 0.3 is 5.97 Å². The van der Waals surface area contributed by atoms with Gasteiger partial charge in [-0.05, 0) is 37.8 Å². The Balaban J connectivity index is 2.29. The predicted molar refractivity (Wildman–Crippen MR) is 83.2 cm³/mol. The quantitative estimate of drug-likeness (QED) is 0.873. The molecule has 108 valence electrons. The van der Waals surface area contributed by atoms with Gasteiger partial charge in [-0.1, -0.05) is 13.8 Å². The largest absolute Gasteiger partial charge is 0.461 e. The highest BCUT2D eigenvalue weighted by Gasteiger charge is 2.20. The molecule has 0 aliphatic carbocycles. The molecule has 2 heterocycles. The maximum atomic E-state index is 12.1. The monoisotopic (exact) mass is 292 g/mol. The van der Waals surface area contributed by atoms with Gasteiger partial charge in [0.15, 0.2) is 0 Å². The van der Waals surface area contributed by atoms with Crippen LogP contribution in [0.3, 0.4) is 0 Å². The highest BCUT2D eigenvalue weighted by Crippen LogP contribution is 2.35. The number of nitrogen functional groups attached to an aromatic ring is 1. The minimum Gasteiger partial charge on any atom is -0.461 e. The highest BCUT2D eigenvalue weighted by atomic mass is 32.1. The van der Waals surface area contributed by atoms with Crippen LogP contribution in [0.25, 0.3) is 10.2 Å². The standard InChI is InChI=1S/C15H20N2O2S/c1-8(2)5-6-19-15(18)13-12(16)11-9(3)7-10(4)17-14(11)20-13/h7-8H,5-6,16H2,1-4H3. The summed E-state index contributed by atoms with van der Waals surface area (Å²) in [5.41, 5.74) is 8.55. The Hall–Kier alpha value is -1.62. The molecule has 0 fully saturated rings. The first-order valence-electron chi connectivity index (χ1n) is 6.73. The van der Waals surface area contributed by atoms with Crippen LogP contribution >= 0.6 is 11.3 Å². The van der Waals surface area contributed by atoms with E-state index in [1.807, 2.05) is 19.9 Å². The third-order valence-electron chi connectivity index (χ3n) is 3.14. The number of carbonyl (C=O) groups is 1. The lowest BCUT2D eigenvalue weighted by Crippen LogP contribution is -2.08. The van der Waals surface area contributed by atoms with Crippen molar-refractivity contribution < 1.29 is 9.53 Å². The maximum Gasteiger partial charge on any atom is 0.350 e. The molecule has 4 nitrogen and oxygen atoms in total. The number of anilines is 1. The van der Waals surface area contributed by atoms with Crippen LogP contribution in [0.1, 0.15) is 41.2 Å². The molecule has 2 rings (SSSR count). The van der Waals surface area contributed by atoms with E-state index >= 15 is 0 Å². The van der Waals surface area contributed by atoms with Crippen molar-refractivity contribution in [3.05, 3.63) is 22.2 Å². The average molecular weight is 292 g/mol. The third kappa shape index (κ3) is 2.93. The number of fused-ring (bicyclic) bond motifs is 1. The number of ether oxygens (including phenoxy) is 1. The molecule has 0 amide bonds. The number of nitrogens with two attached hydrogens (primary N) is 1. The van der Waals surface area contributed by atoms with Gasteiger partial charge in [0.2, 0.25) is 0 Å². The average Bonchev–Trinajstić information content (AvgIpc) is 2.65. The number of nitrogens with zero attached hydrogens (tertiary/aromatic N) is 1. The molecule has 0 atom stereocenters. The Bertz CT molecular complexity index is 647. The molecule has 0 aliphatic heterocycles. The van der Waals surface area contributed by atoms with Crippen molar-refractivity contribution >= 4 is 33.2 Å². The molecular formula is C15H20N2O2S. The first-order valence-corrected chi connectivity index (χ1v) is 7.55. The van der Waals surface area contributed by atoms with Crippen LogP contribution in [-0.2, 0) is 4.74 Å². The molecule has 0 aliphatic rings. The van der Waals surface area contributed by atoms with E-state index in [4.69, 9.17) is 10.5 Å². The molecule has 0 unspecified atom stereocenters. The van der Waals surface area contributed by atoms with Crippen molar-refractivity contribution in [1.29, 1.82) is 0 Å². The number of thiophene rings is 1. The smallest absolute Gasteiger partial charge is 0.350 e. The van der Waals surface area contributed by atoms with Crippen molar-refractivity contribution in [2.24, 2.45) is 5.92 Å². The summed E-state index contributed by atoms with van der Waals surface area (Å²) in [4.78, 5) is 17.8. The van der Waals surface area contributed by atoms with E-state index in [-0.39, 0.29) is 5.97 Å². The summed E-state index contributed by atoms with van der Waals surface area (Å²) in [6, 6.07) is 1.97. The summed E-state index contributed by atoms with van der Waals surface area (Å²) in [5.74, 6) is 0.164. The first-order chi connectivity index (χ1) is 9.40. The minimum atomic E-state index is -0.344. The van der Waals surface area contributed by atoms with Crippen molar-refractivity contribution in [2.75, 3.05) is 12.3 Å². The second-order valence-electron chi connectivity index (χ2n) is 5.42. The summed E-state index contributed by atoms with van der Waals surface area (Å²) in [5, 5.41) is 0.872. The van der Waals surface area contributed by atoms with E-state index in [0.29, 0.717) is 23.1 Å². The normalized spacial score (nSPS) is 11.2. The second kappa shape index (κ2) is 5.79. The van der Waals surface area contributed by atoms with Crippen LogP contribution in [0.4, 0.5) is 5.69 Å². The lowest BCUT2D eigenvalue weighted by molar-refractivity contribution is 0.0495. The molecule has 2 aromatic rings. The Labute approximate surface area is 123 Å². The zero-order valence-electron chi connectivity index (χ0n) is 12.3. The molecular weight excluding hydrogens is 272 g/mol. The topological polar surface area (TPSA) is 65.2 Å². The number of rotatable bonds is 4. The molecule has 0 saturated carbocycles. The lowest BCUT2D eigenvalue weighted by atomic mass is 10.1. The summed E-state index contributed by atoms with van der Waals surface area (Å²) < 4.78 is 5.28. The molecule has 5 heteroatoms. The molecule has 0 aromatic carbocycles. The highest BCUT2D eigenvalue weighted by molar-refractivity contribution is 7.21. The van der Waals surface area contributed by atoms with Crippen LogP contribution < -0.4 is 5.73 Å². The minimum absolute atomic E-state index is 0.344. The Morgan fingerprint density at radius 2 is 2.15 bits per heavy atom. The Morgan fingerprint density at radius 3 is 2.80 bits per heavy atom. The number of hydrogen-bond donors (Lipinski definition) is 1. The fourth-order valence-corrected chi connectivity index (χ4v) is 3.18. The molecule has 20 heavy (non-hydrogen) atoms. The number of esters is 1. The van der Waals surface area contributed by atoms with Gasteiger partial charge in [-0.3, -0.25) is 0 Å². The molecule has 0 spiro atoms. The van der Waals surface area contributed by atoms with Crippen LogP contribution in [0, 0.1) is 19.8 Å². The molecule has 2 aromatic heterocycles. The van der Waals surface area contributed by atoms with E-state index in [1.54, 1.807) is 0 Å². The number of aromatic nitrogens is 1. The van der Waals surface area contributed by atoms with Crippen LogP contribution in [0.2, 0.25) is 0 Å². The summed E-state index contributed by atoms with van der Waals surface area (Å²) in [6.07, 6.45) is 0.854. The molecule has 0 bridgehead atoms. The van der Waals surface area contributed by atoms with E-state index in [0.717, 1.165) is 27.9 Å². The van der Waals surface area contributed by atoms with Crippen molar-refractivity contribution in [3.63, 3.8) is 0 Å². The van der Waals surface area contributed by atoms with Crippen LogP contribution in [0.5, 0.6) is 0 Å². The molecule has 0 radical (unpaired) electrons. The van der Waals surface area contributed by atoms with E-state index in [1.165, 1.54) is 11.3 Å². The molecule has 2 N–H and O–H groups in total. The van der Waals surface area contributed by atoms with Crippen molar-refractivity contribution in [1.82, 2.24) is 4.98 Å². The van der Waals surface area contributed by atoms with E-state index in [9.17, 15) is 4.79 Å². The zero-order chi connectivity index (χ0) is 14.9. The van der Waals surface area contributed by atoms with E-state index in [2.05, 4.69) is 18.8 Å². The Morgan fingerprint density at radius 1 is 1.45 bits per heavy atom. The lowest BCUT2D eigenvalue weighted by Gasteiger charge is -2.06. The second-order valence-corrected chi connectivity index (χ2v) is 6.42. The van der Waals surface area contributed by atoms with Crippen molar-refractivity contribution in [3.8, 4) is 0 Å². The molecule has 0 saturated heterocycles. The van der Waals surface area contributed by atoms with Crippen molar-refractivity contribution in [2.45, 2.75) is 34.1 Å².